The minimum atomic E-state index is -0.0849. The molecule has 0 unspecified atom stereocenters. The predicted octanol–water partition coefficient (Wildman–Crippen LogP) is 8.02. The number of Topliss-reactive ketones (excluding diaryl/α,β-unsaturated/α-hetero) is 1. The van der Waals surface area contributed by atoms with E-state index in [0.717, 1.165) is 32.3 Å². The lowest BCUT2D eigenvalue weighted by Crippen LogP contribution is -2.10. The van der Waals surface area contributed by atoms with Gasteiger partial charge in [-0.05, 0) is 83.3 Å². The number of allylic oxidation sites excluding steroid dienone is 1. The van der Waals surface area contributed by atoms with Crippen molar-refractivity contribution >= 4 is 90.1 Å². The van der Waals surface area contributed by atoms with Crippen molar-refractivity contribution in [2.75, 3.05) is 16.1 Å². The van der Waals surface area contributed by atoms with E-state index in [1.54, 1.807) is 24.3 Å². The summed E-state index contributed by atoms with van der Waals surface area (Å²) < 4.78 is 2.12. The number of anilines is 3. The monoisotopic (exact) mass is 722 g/mol. The highest BCUT2D eigenvalue weighted by Gasteiger charge is 2.28. The Morgan fingerprint density at radius 1 is 0.628 bits per heavy atom. The molecule has 2 amide bonds. The quantitative estimate of drug-likeness (QED) is 0.117. The average molecular weight is 725 g/mol. The van der Waals surface area contributed by atoms with E-state index in [1.165, 1.54) is 22.3 Å². The van der Waals surface area contributed by atoms with E-state index in [0.29, 0.717) is 24.1 Å². The van der Waals surface area contributed by atoms with E-state index >= 15 is 0 Å². The summed E-state index contributed by atoms with van der Waals surface area (Å²) in [5, 5.41) is 5.70. The number of carbonyl (C=O) groups is 3. The minimum Gasteiger partial charge on any atom is -0.325 e. The Hall–Kier alpha value is -3.76. The summed E-state index contributed by atoms with van der Waals surface area (Å²) in [5.74, 6) is 5.15. The maximum atomic E-state index is 12.1. The molecule has 4 aromatic rings. The lowest BCUT2D eigenvalue weighted by atomic mass is 9.98. The van der Waals surface area contributed by atoms with Gasteiger partial charge in [-0.25, -0.2) is 0 Å². The summed E-state index contributed by atoms with van der Waals surface area (Å²) >= 11 is 6.83. The van der Waals surface area contributed by atoms with Crippen LogP contribution in [-0.2, 0) is 16.0 Å². The van der Waals surface area contributed by atoms with Crippen molar-refractivity contribution in [2.24, 2.45) is 5.84 Å². The lowest BCUT2D eigenvalue weighted by molar-refractivity contribution is -0.116. The number of carbonyl (C=O) groups excluding carboxylic acids is 3. The smallest absolute Gasteiger partial charge is 0.228 e. The first-order valence-corrected chi connectivity index (χ1v) is 15.0. The summed E-state index contributed by atoms with van der Waals surface area (Å²) in [4.78, 5) is 34.7. The Bertz CT molecular complexity index is 1710. The second kappa shape index (κ2) is 14.6. The number of nitrogen functional groups attached to an aromatic ring is 1. The van der Waals surface area contributed by atoms with Crippen LogP contribution in [0, 0.1) is 0 Å². The van der Waals surface area contributed by atoms with E-state index in [-0.39, 0.29) is 36.4 Å². The molecule has 1 aliphatic carbocycles. The first-order valence-electron chi connectivity index (χ1n) is 13.4. The molecule has 0 bridgehead atoms. The van der Waals surface area contributed by atoms with Crippen LogP contribution >= 0.6 is 44.3 Å². The molecule has 0 saturated heterocycles. The van der Waals surface area contributed by atoms with E-state index in [2.05, 4.69) is 72.2 Å². The topological polar surface area (TPSA) is 113 Å². The average Bonchev–Trinajstić information content (AvgIpc) is 3.17. The van der Waals surface area contributed by atoms with Crippen molar-refractivity contribution in [3.05, 3.63) is 122 Å². The van der Waals surface area contributed by atoms with Crippen LogP contribution in [0.2, 0.25) is 0 Å². The maximum Gasteiger partial charge on any atom is 0.228 e. The van der Waals surface area contributed by atoms with Crippen molar-refractivity contribution in [3.63, 3.8) is 0 Å². The van der Waals surface area contributed by atoms with Gasteiger partial charge in [0.05, 0.1) is 12.1 Å². The Morgan fingerprint density at radius 2 is 1.21 bits per heavy atom. The van der Waals surface area contributed by atoms with Crippen LogP contribution in [-0.4, -0.2) is 17.6 Å². The highest BCUT2D eigenvalue weighted by molar-refractivity contribution is 9.10. The van der Waals surface area contributed by atoms with Crippen LogP contribution in [0.25, 0.3) is 11.1 Å². The summed E-state index contributed by atoms with van der Waals surface area (Å²) in [6.07, 6.45) is 1.95. The number of para-hydroxylation sites is 2. The Morgan fingerprint density at radius 3 is 1.91 bits per heavy atom. The summed E-state index contributed by atoms with van der Waals surface area (Å²) in [7, 11) is 0. The van der Waals surface area contributed by atoms with Gasteiger partial charge in [0, 0.05) is 44.3 Å². The first-order chi connectivity index (χ1) is 20.3. The number of benzene rings is 4. The molecule has 0 saturated carbocycles. The molecular weight excluding hydrogens is 696 g/mol. The van der Waals surface area contributed by atoms with Gasteiger partial charge in [0.1, 0.15) is 0 Å². The predicted molar refractivity (Wildman–Crippen MR) is 182 cm³/mol. The number of hydrogen-bond donors (Lipinski definition) is 4. The zero-order chi connectivity index (χ0) is 29.6. The molecule has 0 aromatic heterocycles. The molecule has 5 N–H and O–H groups in total. The first kappa shape index (κ1) is 32.2. The van der Waals surface area contributed by atoms with Crippen molar-refractivity contribution in [1.82, 2.24) is 0 Å². The molecule has 43 heavy (non-hydrogen) atoms. The van der Waals surface area contributed by atoms with Crippen molar-refractivity contribution in [1.29, 1.82) is 0 Å². The summed E-state index contributed by atoms with van der Waals surface area (Å²) in [6.45, 7) is 0. The number of hydrogen-bond acceptors (Lipinski definition) is 5. The molecule has 2 heterocycles. The number of nitrogens with one attached hydrogen (secondary N) is 3. The van der Waals surface area contributed by atoms with Crippen LogP contribution in [0.1, 0.15) is 46.3 Å². The highest BCUT2D eigenvalue weighted by Crippen LogP contribution is 2.44. The lowest BCUT2D eigenvalue weighted by Gasteiger charge is -2.09. The molecule has 0 spiro atoms. The van der Waals surface area contributed by atoms with Crippen LogP contribution < -0.4 is 21.9 Å². The second-order valence-electron chi connectivity index (χ2n) is 9.87. The fourth-order valence-corrected chi connectivity index (χ4v) is 5.69. The van der Waals surface area contributed by atoms with Gasteiger partial charge < -0.3 is 16.1 Å². The number of hydrazine groups is 1. The highest BCUT2D eigenvalue weighted by atomic mass is 79.9. The molecule has 0 atom stereocenters. The second-order valence-corrected chi connectivity index (χ2v) is 11.7. The zero-order valence-electron chi connectivity index (χ0n) is 23.0. The van der Waals surface area contributed by atoms with Crippen molar-refractivity contribution in [2.45, 2.75) is 25.7 Å². The van der Waals surface area contributed by atoms with E-state index in [1.807, 2.05) is 42.5 Å². The normalized spacial score (nSPS) is 14.3. The van der Waals surface area contributed by atoms with Crippen LogP contribution in [0.5, 0.6) is 0 Å². The maximum absolute atomic E-state index is 12.1. The van der Waals surface area contributed by atoms with Gasteiger partial charge >= 0.3 is 0 Å². The number of ketones is 1. The number of nitrogens with two attached hydrogens (primary N) is 1. The molecule has 0 fully saturated rings. The molecule has 4 aromatic carbocycles. The molecule has 10 heteroatoms. The van der Waals surface area contributed by atoms with Crippen LogP contribution in [0.15, 0.2) is 99.9 Å². The Balaban J connectivity index is 0.000000159. The van der Waals surface area contributed by atoms with Gasteiger partial charge in [-0.15, -0.1) is 12.4 Å². The summed E-state index contributed by atoms with van der Waals surface area (Å²) in [5.41, 5.74) is 11.8. The fraction of sp³-hybridized carbons (Fsp3) is 0.121. The molecule has 2 aliphatic heterocycles. The number of halogens is 3. The standard InChI is InChI=1S/C17H12BrNO.C10H9NO2.C6H7BrN2.ClH/c18-11-6-5-10-7-14-12-3-1-2-4-16(12)19-17(20)9-15(14)13(10)8-11;12-9-5-6-10(13)11-8-4-2-1-3-7(8)9;7-5-1-3-6(9-8)4-2-5;/h1-6,8H,7,9H2,(H,19,20);1-4H,5-6H2,(H,11,13);1-4,9H,8H2;1H. The number of fused-ring (bicyclic) bond motifs is 5. The SMILES string of the molecule is Cl.NNc1ccc(Br)cc1.O=C1CC2=C(Cc3ccc(Br)cc32)c2ccccc2N1.O=C1CCC(=O)c2ccccc2N1. The molecule has 0 radical (unpaired) electrons. The van der Waals surface area contributed by atoms with Crippen molar-refractivity contribution < 1.29 is 14.4 Å². The Kier molecular flexibility index (Phi) is 10.9. The Labute approximate surface area is 273 Å². The molecule has 7 nitrogen and oxygen atoms in total. The van der Waals surface area contributed by atoms with Gasteiger partial charge in [0.25, 0.3) is 0 Å². The number of rotatable bonds is 1. The molecular formula is C33H29Br2ClN4O3. The minimum absolute atomic E-state index is 0. The fourth-order valence-electron chi connectivity index (χ4n) is 5.07. The third-order valence-corrected chi connectivity index (χ3v) is 8.11. The third-order valence-electron chi connectivity index (χ3n) is 7.08. The van der Waals surface area contributed by atoms with Gasteiger partial charge in [0.2, 0.25) is 11.8 Å². The van der Waals surface area contributed by atoms with Gasteiger partial charge in [-0.3, -0.25) is 20.2 Å². The van der Waals surface area contributed by atoms with E-state index < -0.39 is 0 Å². The molecule has 3 aliphatic rings. The van der Waals surface area contributed by atoms with E-state index in [4.69, 9.17) is 5.84 Å². The van der Waals surface area contributed by atoms with Gasteiger partial charge in [-0.2, -0.15) is 0 Å². The van der Waals surface area contributed by atoms with Gasteiger partial charge in [0.15, 0.2) is 5.78 Å². The van der Waals surface area contributed by atoms with Crippen LogP contribution in [0.3, 0.4) is 0 Å². The zero-order valence-corrected chi connectivity index (χ0v) is 26.9. The number of amides is 2. The summed E-state index contributed by atoms with van der Waals surface area (Å²) in [6, 6.07) is 29.1. The molecule has 7 rings (SSSR count). The van der Waals surface area contributed by atoms with Crippen LogP contribution in [0.4, 0.5) is 17.1 Å². The van der Waals surface area contributed by atoms with Gasteiger partial charge in [-0.1, -0.05) is 68.3 Å². The molecule has 220 valence electrons. The van der Waals surface area contributed by atoms with E-state index in [9.17, 15) is 14.4 Å². The van der Waals surface area contributed by atoms with Crippen molar-refractivity contribution in [3.8, 4) is 0 Å². The largest absolute Gasteiger partial charge is 0.325 e. The third kappa shape index (κ3) is 7.80.